The van der Waals surface area contributed by atoms with Crippen LogP contribution in [0.2, 0.25) is 0 Å². The zero-order chi connectivity index (χ0) is 11.8. The van der Waals surface area contributed by atoms with Gasteiger partial charge in [0.25, 0.3) is 0 Å². The highest BCUT2D eigenvalue weighted by Crippen LogP contribution is 2.09. The van der Waals surface area contributed by atoms with Crippen LogP contribution in [-0.2, 0) is 0 Å². The molecule has 0 aliphatic heterocycles. The van der Waals surface area contributed by atoms with Crippen molar-refractivity contribution in [3.63, 3.8) is 0 Å². The fraction of sp³-hybridized carbons (Fsp3) is 0.200. The van der Waals surface area contributed by atoms with E-state index in [0.29, 0.717) is 13.2 Å². The first kappa shape index (κ1) is 11.5. The summed E-state index contributed by atoms with van der Waals surface area (Å²) in [5, 5.41) is 0. The molecule has 2 heteroatoms. The molecule has 1 radical (unpaired) electrons. The lowest BCUT2D eigenvalue weighted by Crippen LogP contribution is -2.04. The largest absolute Gasteiger partial charge is 0.493 e. The Morgan fingerprint density at radius 3 is 2.35 bits per heavy atom. The summed E-state index contributed by atoms with van der Waals surface area (Å²) in [5.74, 6) is 1.69. The molecule has 0 bridgehead atoms. The monoisotopic (exact) mass is 227 g/mol. The molecule has 0 amide bonds. The molecule has 2 rings (SSSR count). The van der Waals surface area contributed by atoms with Gasteiger partial charge in [-0.15, -0.1) is 0 Å². The molecule has 0 unspecified atom stereocenters. The molecule has 0 saturated heterocycles. The Morgan fingerprint density at radius 2 is 1.59 bits per heavy atom. The van der Waals surface area contributed by atoms with Gasteiger partial charge in [0, 0.05) is 12.5 Å². The van der Waals surface area contributed by atoms with Crippen LogP contribution in [0.15, 0.2) is 54.6 Å². The van der Waals surface area contributed by atoms with E-state index >= 15 is 0 Å². The summed E-state index contributed by atoms with van der Waals surface area (Å²) in [6.07, 6.45) is 0.859. The first-order chi connectivity index (χ1) is 8.45. The van der Waals surface area contributed by atoms with Crippen LogP contribution in [0.3, 0.4) is 0 Å². The van der Waals surface area contributed by atoms with E-state index in [0.717, 1.165) is 17.9 Å². The number of para-hydroxylation sites is 2. The maximum atomic E-state index is 5.55. The highest BCUT2D eigenvalue weighted by molar-refractivity contribution is 5.21. The topological polar surface area (TPSA) is 18.5 Å². The molecule has 0 aliphatic carbocycles. The zero-order valence-electron chi connectivity index (χ0n) is 9.63. The van der Waals surface area contributed by atoms with Crippen molar-refractivity contribution in [3.8, 4) is 11.5 Å². The molecule has 0 fully saturated rings. The van der Waals surface area contributed by atoms with Crippen molar-refractivity contribution in [2.45, 2.75) is 6.42 Å². The summed E-state index contributed by atoms with van der Waals surface area (Å²) in [7, 11) is 0. The lowest BCUT2D eigenvalue weighted by atomic mass is 10.3. The van der Waals surface area contributed by atoms with E-state index in [2.05, 4.69) is 6.07 Å². The summed E-state index contributed by atoms with van der Waals surface area (Å²) in [6, 6.07) is 20.4. The molecule has 0 heterocycles. The first-order valence-electron chi connectivity index (χ1n) is 5.72. The number of rotatable bonds is 6. The van der Waals surface area contributed by atoms with Crippen LogP contribution in [0.1, 0.15) is 6.42 Å². The van der Waals surface area contributed by atoms with E-state index in [9.17, 15) is 0 Å². The number of hydrogen-bond donors (Lipinski definition) is 0. The number of ether oxygens (including phenoxy) is 2. The van der Waals surface area contributed by atoms with Gasteiger partial charge in [0.15, 0.2) is 0 Å². The van der Waals surface area contributed by atoms with Gasteiger partial charge in [-0.05, 0) is 18.2 Å². The molecule has 87 valence electrons. The van der Waals surface area contributed by atoms with Crippen LogP contribution in [0, 0.1) is 6.07 Å². The Kier molecular flexibility index (Phi) is 4.46. The average molecular weight is 227 g/mol. The Balaban J connectivity index is 1.61. The van der Waals surface area contributed by atoms with Crippen LogP contribution in [0.5, 0.6) is 11.5 Å². The van der Waals surface area contributed by atoms with Gasteiger partial charge in [-0.3, -0.25) is 0 Å². The molecule has 0 aliphatic rings. The summed E-state index contributed by atoms with van der Waals surface area (Å²) in [5.41, 5.74) is 0. The van der Waals surface area contributed by atoms with Gasteiger partial charge in [0.1, 0.15) is 11.5 Å². The third kappa shape index (κ3) is 4.19. The first-order valence-corrected chi connectivity index (χ1v) is 5.72. The van der Waals surface area contributed by atoms with Crippen LogP contribution < -0.4 is 9.47 Å². The molecule has 17 heavy (non-hydrogen) atoms. The fourth-order valence-electron chi connectivity index (χ4n) is 1.41. The smallest absolute Gasteiger partial charge is 0.127 e. The molecule has 0 atom stereocenters. The van der Waals surface area contributed by atoms with E-state index in [4.69, 9.17) is 9.47 Å². The summed E-state index contributed by atoms with van der Waals surface area (Å²) < 4.78 is 11.1. The maximum Gasteiger partial charge on any atom is 0.127 e. The van der Waals surface area contributed by atoms with Crippen LogP contribution in [0.4, 0.5) is 0 Å². The Morgan fingerprint density at radius 1 is 0.824 bits per heavy atom. The minimum Gasteiger partial charge on any atom is -0.493 e. The van der Waals surface area contributed by atoms with Gasteiger partial charge in [-0.25, -0.2) is 0 Å². The standard InChI is InChI=1S/C15H15O2/c1-3-8-14(9-4-1)16-12-7-13-17-15-10-5-2-6-11-15/h1-6,8-10H,7,12-13H2. The van der Waals surface area contributed by atoms with Crippen LogP contribution in [-0.4, -0.2) is 13.2 Å². The van der Waals surface area contributed by atoms with E-state index in [1.54, 1.807) is 0 Å². The lowest BCUT2D eigenvalue weighted by molar-refractivity contribution is 0.247. The van der Waals surface area contributed by atoms with E-state index in [-0.39, 0.29) is 0 Å². The quantitative estimate of drug-likeness (QED) is 0.705. The second-order valence-electron chi connectivity index (χ2n) is 3.59. The highest BCUT2D eigenvalue weighted by atomic mass is 16.5. The third-order valence-corrected chi connectivity index (χ3v) is 2.24. The predicted molar refractivity (Wildman–Crippen MR) is 67.3 cm³/mol. The molecular formula is C15H15O2. The Hall–Kier alpha value is -1.96. The van der Waals surface area contributed by atoms with Crippen LogP contribution in [0.25, 0.3) is 0 Å². The molecular weight excluding hydrogens is 212 g/mol. The SMILES string of the molecule is [c]1ccccc1OCCCOc1ccccc1. The minimum atomic E-state index is 0.646. The van der Waals surface area contributed by atoms with Crippen LogP contribution >= 0.6 is 0 Å². The molecule has 0 spiro atoms. The molecule has 0 aromatic heterocycles. The van der Waals surface area contributed by atoms with Crippen molar-refractivity contribution in [3.05, 3.63) is 60.7 Å². The predicted octanol–water partition coefficient (Wildman–Crippen LogP) is 3.33. The maximum absolute atomic E-state index is 5.55. The summed E-state index contributed by atoms with van der Waals surface area (Å²) in [4.78, 5) is 0. The van der Waals surface area contributed by atoms with Gasteiger partial charge >= 0.3 is 0 Å². The second kappa shape index (κ2) is 6.59. The fourth-order valence-corrected chi connectivity index (χ4v) is 1.41. The van der Waals surface area contributed by atoms with Crippen molar-refractivity contribution in [2.75, 3.05) is 13.2 Å². The Bertz CT molecular complexity index is 370. The van der Waals surface area contributed by atoms with Crippen molar-refractivity contribution in [2.24, 2.45) is 0 Å². The van der Waals surface area contributed by atoms with E-state index in [1.807, 2.05) is 54.6 Å². The van der Waals surface area contributed by atoms with Gasteiger partial charge in [0.2, 0.25) is 0 Å². The van der Waals surface area contributed by atoms with Crippen molar-refractivity contribution in [1.82, 2.24) is 0 Å². The van der Waals surface area contributed by atoms with Crippen molar-refractivity contribution < 1.29 is 9.47 Å². The third-order valence-electron chi connectivity index (χ3n) is 2.24. The average Bonchev–Trinajstić information content (AvgIpc) is 2.41. The zero-order valence-corrected chi connectivity index (χ0v) is 9.63. The van der Waals surface area contributed by atoms with Gasteiger partial charge in [-0.1, -0.05) is 36.4 Å². The molecule has 0 N–H and O–H groups in total. The molecule has 0 saturated carbocycles. The van der Waals surface area contributed by atoms with Crippen molar-refractivity contribution >= 4 is 0 Å². The number of hydrogen-bond acceptors (Lipinski definition) is 2. The van der Waals surface area contributed by atoms with E-state index < -0.39 is 0 Å². The van der Waals surface area contributed by atoms with Gasteiger partial charge in [0.05, 0.1) is 13.2 Å². The summed E-state index contributed by atoms with van der Waals surface area (Å²) >= 11 is 0. The molecule has 2 nitrogen and oxygen atoms in total. The minimum absolute atomic E-state index is 0.646. The van der Waals surface area contributed by atoms with E-state index in [1.165, 1.54) is 0 Å². The second-order valence-corrected chi connectivity index (χ2v) is 3.59. The molecule has 2 aromatic rings. The Labute approximate surface area is 102 Å². The number of benzene rings is 2. The normalized spacial score (nSPS) is 9.88. The van der Waals surface area contributed by atoms with Gasteiger partial charge < -0.3 is 9.47 Å². The van der Waals surface area contributed by atoms with Crippen molar-refractivity contribution in [1.29, 1.82) is 0 Å². The lowest BCUT2D eigenvalue weighted by Gasteiger charge is -2.07. The summed E-state index contributed by atoms with van der Waals surface area (Å²) in [6.45, 7) is 1.31. The van der Waals surface area contributed by atoms with Gasteiger partial charge in [-0.2, -0.15) is 0 Å². The molecule has 2 aromatic carbocycles. The highest BCUT2D eigenvalue weighted by Gasteiger charge is 1.94.